The minimum Gasteiger partial charge on any atom is -0.491 e. The number of halogens is 1. The molecule has 4 rings (SSSR count). The lowest BCUT2D eigenvalue weighted by Crippen LogP contribution is -2.59. The number of benzene rings is 2. The first-order chi connectivity index (χ1) is 15.3. The Hall–Kier alpha value is -3.19. The quantitative estimate of drug-likeness (QED) is 0.542. The molecule has 0 radical (unpaired) electrons. The van der Waals surface area contributed by atoms with Crippen LogP contribution in [0, 0.1) is 5.82 Å². The van der Waals surface area contributed by atoms with E-state index in [0.717, 1.165) is 11.3 Å². The molecule has 0 unspecified atom stereocenters. The van der Waals surface area contributed by atoms with Crippen molar-refractivity contribution in [2.75, 3.05) is 11.4 Å². The van der Waals surface area contributed by atoms with Gasteiger partial charge in [0.2, 0.25) is 0 Å². The van der Waals surface area contributed by atoms with Crippen LogP contribution < -0.4 is 15.0 Å². The van der Waals surface area contributed by atoms with E-state index in [1.165, 1.54) is 17.0 Å². The maximum Gasteiger partial charge on any atom is 0.329 e. The highest BCUT2D eigenvalue weighted by Crippen LogP contribution is 2.40. The van der Waals surface area contributed by atoms with E-state index in [1.807, 2.05) is 44.2 Å². The Morgan fingerprint density at radius 3 is 2.75 bits per heavy atom. The lowest BCUT2D eigenvalue weighted by Gasteiger charge is -2.46. The molecule has 1 spiro atoms. The van der Waals surface area contributed by atoms with E-state index in [9.17, 15) is 14.0 Å². The first-order valence-electron chi connectivity index (χ1n) is 10.9. The molecule has 2 aromatic carbocycles. The Morgan fingerprint density at radius 2 is 2.03 bits per heavy atom. The number of urea groups is 1. The van der Waals surface area contributed by atoms with E-state index in [2.05, 4.69) is 16.8 Å². The standard InChI is InChI=1S/C25H28FN3O3/c1-4-20-15-25(23(30)27-24(31)29(25)21-9-6-8-19(26)14-21)11-12-28(20)16-18-7-5-10-22(13-18)32-17(2)3/h4-10,13-14,17,20H,1,11-12,15-16H2,2-3H3,(H,27,30,31)/t20-,25+/m0/s1. The van der Waals surface area contributed by atoms with Crippen LogP contribution in [0.5, 0.6) is 5.75 Å². The fraction of sp³-hybridized carbons (Fsp3) is 0.360. The van der Waals surface area contributed by atoms with Crippen LogP contribution in [-0.2, 0) is 11.3 Å². The molecule has 2 aliphatic rings. The van der Waals surface area contributed by atoms with Gasteiger partial charge in [-0.25, -0.2) is 9.18 Å². The van der Waals surface area contributed by atoms with E-state index in [-0.39, 0.29) is 18.1 Å². The third-order valence-corrected chi connectivity index (χ3v) is 6.10. The molecule has 3 amide bonds. The monoisotopic (exact) mass is 437 g/mol. The number of anilines is 1. The Balaban J connectivity index is 1.58. The number of amides is 3. The predicted molar refractivity (Wildman–Crippen MR) is 121 cm³/mol. The first-order valence-corrected chi connectivity index (χ1v) is 10.9. The Bertz CT molecular complexity index is 1040. The molecule has 2 aromatic rings. The summed E-state index contributed by atoms with van der Waals surface area (Å²) in [6, 6.07) is 13.1. The molecule has 2 atom stereocenters. The molecular formula is C25H28FN3O3. The van der Waals surface area contributed by atoms with E-state index >= 15 is 0 Å². The van der Waals surface area contributed by atoms with Gasteiger partial charge in [-0.05, 0) is 62.6 Å². The number of carbonyl (C=O) groups is 2. The summed E-state index contributed by atoms with van der Waals surface area (Å²) in [5.41, 5.74) is 0.408. The van der Waals surface area contributed by atoms with Gasteiger partial charge >= 0.3 is 6.03 Å². The number of hydrogen-bond acceptors (Lipinski definition) is 4. The van der Waals surface area contributed by atoms with Gasteiger partial charge in [0, 0.05) is 24.8 Å². The third-order valence-electron chi connectivity index (χ3n) is 6.10. The number of piperidine rings is 1. The van der Waals surface area contributed by atoms with Gasteiger partial charge in [0.25, 0.3) is 5.91 Å². The molecule has 0 aliphatic carbocycles. The van der Waals surface area contributed by atoms with Crippen molar-refractivity contribution < 1.29 is 18.7 Å². The molecule has 1 N–H and O–H groups in total. The summed E-state index contributed by atoms with van der Waals surface area (Å²) in [4.78, 5) is 29.3. The highest BCUT2D eigenvalue weighted by molar-refractivity contribution is 6.17. The van der Waals surface area contributed by atoms with Crippen LogP contribution in [0.3, 0.4) is 0 Å². The average molecular weight is 438 g/mol. The van der Waals surface area contributed by atoms with E-state index < -0.39 is 17.4 Å². The number of nitrogens with zero attached hydrogens (tertiary/aromatic N) is 2. The molecule has 168 valence electrons. The molecule has 2 heterocycles. The zero-order valence-electron chi connectivity index (χ0n) is 18.4. The van der Waals surface area contributed by atoms with Gasteiger partial charge in [0.15, 0.2) is 0 Å². The van der Waals surface area contributed by atoms with Crippen LogP contribution in [0.25, 0.3) is 0 Å². The van der Waals surface area contributed by atoms with Crippen molar-refractivity contribution in [1.82, 2.24) is 10.2 Å². The molecule has 6 nitrogen and oxygen atoms in total. The van der Waals surface area contributed by atoms with Crippen molar-refractivity contribution in [2.24, 2.45) is 0 Å². The summed E-state index contributed by atoms with van der Waals surface area (Å²) < 4.78 is 19.7. The molecule has 2 aliphatic heterocycles. The minimum absolute atomic E-state index is 0.0910. The summed E-state index contributed by atoms with van der Waals surface area (Å²) in [6.07, 6.45) is 2.73. The van der Waals surface area contributed by atoms with E-state index in [4.69, 9.17) is 4.74 Å². The van der Waals surface area contributed by atoms with Gasteiger partial charge in [-0.3, -0.25) is 19.9 Å². The minimum atomic E-state index is -1.07. The summed E-state index contributed by atoms with van der Waals surface area (Å²) in [6.45, 7) is 9.21. The van der Waals surface area contributed by atoms with Crippen LogP contribution >= 0.6 is 0 Å². The van der Waals surface area contributed by atoms with Crippen molar-refractivity contribution in [2.45, 2.75) is 50.9 Å². The average Bonchev–Trinajstić information content (AvgIpc) is 2.98. The zero-order valence-corrected chi connectivity index (χ0v) is 18.4. The number of nitrogens with one attached hydrogen (secondary N) is 1. The number of ether oxygens (including phenoxy) is 1. The molecule has 32 heavy (non-hydrogen) atoms. The SMILES string of the molecule is C=C[C@H]1C[C@]2(CCN1Cc1cccc(OC(C)C)c1)C(=O)NC(=O)N2c1cccc(F)c1. The van der Waals surface area contributed by atoms with Crippen LogP contribution in [0.15, 0.2) is 61.2 Å². The summed E-state index contributed by atoms with van der Waals surface area (Å²) in [5, 5.41) is 2.44. The van der Waals surface area contributed by atoms with Gasteiger partial charge < -0.3 is 4.74 Å². The molecule has 2 fully saturated rings. The first kappa shape index (κ1) is 22.0. The second kappa shape index (κ2) is 8.74. The topological polar surface area (TPSA) is 61.9 Å². The van der Waals surface area contributed by atoms with Gasteiger partial charge in [-0.1, -0.05) is 24.3 Å². The highest BCUT2D eigenvalue weighted by atomic mass is 19.1. The van der Waals surface area contributed by atoms with Crippen LogP contribution in [0.2, 0.25) is 0 Å². The van der Waals surface area contributed by atoms with Gasteiger partial charge in [-0.15, -0.1) is 6.58 Å². The lowest BCUT2D eigenvalue weighted by atomic mass is 9.81. The number of likely N-dealkylation sites (tertiary alicyclic amines) is 1. The van der Waals surface area contributed by atoms with Crippen LogP contribution in [0.4, 0.5) is 14.9 Å². The molecule has 7 heteroatoms. The molecule has 0 bridgehead atoms. The number of carbonyl (C=O) groups excluding carboxylic acids is 2. The maximum atomic E-state index is 13.9. The summed E-state index contributed by atoms with van der Waals surface area (Å²) in [5.74, 6) is 0.0239. The summed E-state index contributed by atoms with van der Waals surface area (Å²) >= 11 is 0. The molecule has 0 saturated carbocycles. The van der Waals surface area contributed by atoms with Crippen molar-refractivity contribution in [3.63, 3.8) is 0 Å². The van der Waals surface area contributed by atoms with Crippen LogP contribution in [0.1, 0.15) is 32.3 Å². The van der Waals surface area contributed by atoms with Crippen molar-refractivity contribution in [3.05, 3.63) is 72.6 Å². The van der Waals surface area contributed by atoms with Gasteiger partial charge in [-0.2, -0.15) is 0 Å². The van der Waals surface area contributed by atoms with Crippen molar-refractivity contribution >= 4 is 17.6 Å². The molecular weight excluding hydrogens is 409 g/mol. The van der Waals surface area contributed by atoms with Crippen LogP contribution in [-0.4, -0.2) is 41.1 Å². The number of rotatable bonds is 6. The van der Waals surface area contributed by atoms with Gasteiger partial charge in [0.1, 0.15) is 17.1 Å². The maximum absolute atomic E-state index is 13.9. The smallest absolute Gasteiger partial charge is 0.329 e. The van der Waals surface area contributed by atoms with E-state index in [0.29, 0.717) is 31.6 Å². The Kier molecular flexibility index (Phi) is 6.02. The van der Waals surface area contributed by atoms with E-state index in [1.54, 1.807) is 12.1 Å². The second-order valence-electron chi connectivity index (χ2n) is 8.65. The Morgan fingerprint density at radius 1 is 1.25 bits per heavy atom. The Labute approximate surface area is 187 Å². The molecule has 2 saturated heterocycles. The zero-order chi connectivity index (χ0) is 22.9. The van der Waals surface area contributed by atoms with Crippen molar-refractivity contribution in [3.8, 4) is 5.75 Å². The normalized spacial score (nSPS) is 23.6. The lowest BCUT2D eigenvalue weighted by molar-refractivity contribution is -0.125. The fourth-order valence-electron chi connectivity index (χ4n) is 4.68. The predicted octanol–water partition coefficient (Wildman–Crippen LogP) is 4.26. The fourth-order valence-corrected chi connectivity index (χ4v) is 4.68. The second-order valence-corrected chi connectivity index (χ2v) is 8.65. The summed E-state index contributed by atoms with van der Waals surface area (Å²) in [7, 11) is 0. The van der Waals surface area contributed by atoms with Crippen molar-refractivity contribution in [1.29, 1.82) is 0 Å². The van der Waals surface area contributed by atoms with Gasteiger partial charge in [0.05, 0.1) is 6.10 Å². The largest absolute Gasteiger partial charge is 0.491 e. The molecule has 0 aromatic heterocycles. The third kappa shape index (κ3) is 4.12. The highest BCUT2D eigenvalue weighted by Gasteiger charge is 2.56. The number of imide groups is 1. The number of hydrogen-bond donors (Lipinski definition) is 1.